The number of pyridine rings is 1. The lowest BCUT2D eigenvalue weighted by Crippen LogP contribution is -1.88. The third kappa shape index (κ3) is 1.65. The van der Waals surface area contributed by atoms with E-state index in [-0.39, 0.29) is 0 Å². The number of thioether (sulfide) groups is 1. The lowest BCUT2D eigenvalue weighted by molar-refractivity contribution is 0.821. The zero-order chi connectivity index (χ0) is 10.8. The number of nitrogens with one attached hydrogen (secondary N) is 1. The van der Waals surface area contributed by atoms with E-state index in [0.29, 0.717) is 5.78 Å². The van der Waals surface area contributed by atoms with E-state index in [1.807, 2.05) is 12.1 Å². The highest BCUT2D eigenvalue weighted by molar-refractivity contribution is 7.98. The third-order valence-electron chi connectivity index (χ3n) is 2.10. The van der Waals surface area contributed by atoms with E-state index in [9.17, 15) is 0 Å². The highest BCUT2D eigenvalue weighted by Crippen LogP contribution is 2.19. The summed E-state index contributed by atoms with van der Waals surface area (Å²) in [6.45, 7) is 0. The first kappa shape index (κ1) is 9.34. The van der Waals surface area contributed by atoms with Gasteiger partial charge in [-0.15, -0.1) is 10.2 Å². The first-order valence-electron chi connectivity index (χ1n) is 4.70. The van der Waals surface area contributed by atoms with Gasteiger partial charge in [-0.2, -0.15) is 9.50 Å². The van der Waals surface area contributed by atoms with Crippen molar-refractivity contribution in [1.29, 1.82) is 0 Å². The van der Waals surface area contributed by atoms with Crippen molar-refractivity contribution in [3.05, 3.63) is 36.4 Å². The zero-order valence-electron chi connectivity index (χ0n) is 8.24. The minimum absolute atomic E-state index is 0.595. The molecule has 0 radical (unpaired) electrons. The van der Waals surface area contributed by atoms with Crippen LogP contribution in [0.3, 0.4) is 0 Å². The van der Waals surface area contributed by atoms with Crippen molar-refractivity contribution in [3.8, 4) is 0 Å². The van der Waals surface area contributed by atoms with Crippen molar-refractivity contribution in [2.75, 3.05) is 0 Å². The largest absolute Gasteiger partial charge is 0.278 e. The van der Waals surface area contributed by atoms with Crippen molar-refractivity contribution < 1.29 is 0 Å². The lowest BCUT2D eigenvalue weighted by atomic mass is 10.3. The van der Waals surface area contributed by atoms with Gasteiger partial charge in [-0.1, -0.05) is 11.8 Å². The molecule has 1 N–H and O–H groups in total. The summed E-state index contributed by atoms with van der Waals surface area (Å²) >= 11 is 1.60. The molecule has 7 heteroatoms. The molecular weight excluding hydrogens is 224 g/mol. The van der Waals surface area contributed by atoms with Crippen LogP contribution in [0.5, 0.6) is 0 Å². The van der Waals surface area contributed by atoms with Gasteiger partial charge < -0.3 is 0 Å². The second kappa shape index (κ2) is 3.93. The van der Waals surface area contributed by atoms with Crippen LogP contribution in [0.15, 0.2) is 36.0 Å². The highest BCUT2D eigenvalue weighted by atomic mass is 32.2. The van der Waals surface area contributed by atoms with E-state index in [1.54, 1.807) is 35.0 Å². The molecule has 3 aromatic heterocycles. The fraction of sp³-hybridized carbons (Fsp3) is 0.111. The summed E-state index contributed by atoms with van der Waals surface area (Å²) in [4.78, 5) is 7.98. The van der Waals surface area contributed by atoms with E-state index in [2.05, 4.69) is 25.3 Å². The number of aromatic nitrogens is 6. The monoisotopic (exact) mass is 232 g/mol. The number of hydrogen-bond acceptors (Lipinski definition) is 5. The van der Waals surface area contributed by atoms with E-state index < -0.39 is 0 Å². The molecule has 0 aliphatic carbocycles. The average molecular weight is 232 g/mol. The summed E-state index contributed by atoms with van der Waals surface area (Å²) in [5.74, 6) is 1.43. The van der Waals surface area contributed by atoms with Gasteiger partial charge in [0.05, 0.1) is 0 Å². The van der Waals surface area contributed by atoms with Gasteiger partial charge in [-0.05, 0) is 17.7 Å². The Hall–Kier alpha value is -1.89. The Morgan fingerprint density at radius 2 is 2.12 bits per heavy atom. The molecule has 0 aliphatic heterocycles. The van der Waals surface area contributed by atoms with E-state index in [1.165, 1.54) is 5.56 Å². The van der Waals surface area contributed by atoms with Crippen LogP contribution in [0.1, 0.15) is 5.56 Å². The van der Waals surface area contributed by atoms with Crippen LogP contribution >= 0.6 is 11.8 Å². The van der Waals surface area contributed by atoms with Crippen LogP contribution in [0.2, 0.25) is 0 Å². The normalized spacial score (nSPS) is 11.0. The summed E-state index contributed by atoms with van der Waals surface area (Å²) in [6, 6.07) is 3.97. The van der Waals surface area contributed by atoms with Gasteiger partial charge in [0, 0.05) is 18.1 Å². The molecule has 80 valence electrons. The Bertz CT molecular complexity index is 586. The Morgan fingerprint density at radius 3 is 3.00 bits per heavy atom. The molecule has 6 nitrogen and oxygen atoms in total. The maximum absolute atomic E-state index is 4.04. The van der Waals surface area contributed by atoms with Crippen LogP contribution in [-0.4, -0.2) is 29.8 Å². The predicted octanol–water partition coefficient (Wildman–Crippen LogP) is 1.14. The van der Waals surface area contributed by atoms with E-state index in [4.69, 9.17) is 0 Å². The Balaban J connectivity index is 1.79. The molecule has 0 atom stereocenters. The second-order valence-corrected chi connectivity index (χ2v) is 4.09. The quantitative estimate of drug-likeness (QED) is 0.685. The van der Waals surface area contributed by atoms with Crippen LogP contribution in [0, 0.1) is 0 Å². The van der Waals surface area contributed by atoms with Gasteiger partial charge in [0.1, 0.15) is 6.33 Å². The summed E-state index contributed by atoms with van der Waals surface area (Å²) in [5.41, 5.74) is 1.20. The molecule has 0 unspecified atom stereocenters. The number of rotatable bonds is 3. The molecule has 3 heterocycles. The molecule has 3 rings (SSSR count). The Morgan fingerprint density at radius 1 is 1.25 bits per heavy atom. The number of H-pyrrole nitrogens is 1. The fourth-order valence-corrected chi connectivity index (χ4v) is 2.17. The number of aromatic amines is 1. The minimum Gasteiger partial charge on any atom is -0.278 e. The van der Waals surface area contributed by atoms with Gasteiger partial charge in [0.15, 0.2) is 0 Å². The fourth-order valence-electron chi connectivity index (χ4n) is 1.32. The standard InChI is InChI=1S/C9H8N6S/c1-3-10-4-2-7(1)5-16-9-14-13-8-11-6-12-15(8)9/h1-4,6H,5H2,(H,11,12,13). The van der Waals surface area contributed by atoms with Gasteiger partial charge >= 0.3 is 0 Å². The molecular formula is C9H8N6S. The van der Waals surface area contributed by atoms with Crippen molar-refractivity contribution >= 4 is 17.5 Å². The van der Waals surface area contributed by atoms with Gasteiger partial charge in [-0.25, -0.2) is 0 Å². The van der Waals surface area contributed by atoms with Crippen molar-refractivity contribution in [3.63, 3.8) is 0 Å². The molecule has 0 fully saturated rings. The van der Waals surface area contributed by atoms with E-state index in [0.717, 1.165) is 10.9 Å². The zero-order valence-corrected chi connectivity index (χ0v) is 9.05. The van der Waals surface area contributed by atoms with Crippen molar-refractivity contribution in [1.82, 2.24) is 29.8 Å². The van der Waals surface area contributed by atoms with Crippen LogP contribution < -0.4 is 0 Å². The summed E-state index contributed by atoms with van der Waals surface area (Å²) in [7, 11) is 0. The molecule has 0 aromatic carbocycles. The predicted molar refractivity (Wildman–Crippen MR) is 58.9 cm³/mol. The SMILES string of the molecule is c1cc(CSc2nnc3nc[nH]n23)ccn1. The topological polar surface area (TPSA) is 71.8 Å². The third-order valence-corrected chi connectivity index (χ3v) is 3.10. The van der Waals surface area contributed by atoms with Crippen molar-refractivity contribution in [2.24, 2.45) is 0 Å². The van der Waals surface area contributed by atoms with Crippen LogP contribution in [-0.2, 0) is 5.75 Å². The number of nitrogens with zero attached hydrogens (tertiary/aromatic N) is 5. The molecule has 0 amide bonds. The number of fused-ring (bicyclic) bond motifs is 1. The molecule has 0 aliphatic rings. The summed E-state index contributed by atoms with van der Waals surface area (Å²) < 4.78 is 1.76. The van der Waals surface area contributed by atoms with Crippen LogP contribution in [0.4, 0.5) is 0 Å². The lowest BCUT2D eigenvalue weighted by Gasteiger charge is -1.97. The molecule has 0 bridgehead atoms. The van der Waals surface area contributed by atoms with Crippen molar-refractivity contribution in [2.45, 2.75) is 10.9 Å². The average Bonchev–Trinajstić information content (AvgIpc) is 2.90. The number of hydrogen-bond donors (Lipinski definition) is 1. The molecule has 3 aromatic rings. The van der Waals surface area contributed by atoms with E-state index >= 15 is 0 Å². The van der Waals surface area contributed by atoms with Gasteiger partial charge in [0.2, 0.25) is 5.16 Å². The minimum atomic E-state index is 0.595. The van der Waals surface area contributed by atoms with Gasteiger partial charge in [-0.3, -0.25) is 10.1 Å². The maximum Gasteiger partial charge on any atom is 0.272 e. The Labute approximate surface area is 95.1 Å². The first-order chi connectivity index (χ1) is 7.93. The first-order valence-corrected chi connectivity index (χ1v) is 5.68. The second-order valence-electron chi connectivity index (χ2n) is 3.15. The molecule has 0 saturated carbocycles. The maximum atomic E-state index is 4.04. The molecule has 0 spiro atoms. The van der Waals surface area contributed by atoms with Crippen LogP contribution in [0.25, 0.3) is 5.78 Å². The summed E-state index contributed by atoms with van der Waals surface area (Å²) in [6.07, 6.45) is 5.16. The summed E-state index contributed by atoms with van der Waals surface area (Å²) in [5, 5.41) is 11.7. The Kier molecular flexibility index (Phi) is 2.30. The smallest absolute Gasteiger partial charge is 0.272 e. The molecule has 16 heavy (non-hydrogen) atoms. The molecule has 0 saturated heterocycles. The van der Waals surface area contributed by atoms with Gasteiger partial charge in [0.25, 0.3) is 5.78 Å². The highest BCUT2D eigenvalue weighted by Gasteiger charge is 2.07.